The van der Waals surface area contributed by atoms with Crippen LogP contribution in [0, 0.1) is 0 Å². The van der Waals surface area contributed by atoms with Crippen LogP contribution in [0.15, 0.2) is 42.5 Å². The molecule has 0 aliphatic carbocycles. The summed E-state index contributed by atoms with van der Waals surface area (Å²) in [5, 5.41) is 2.94. The number of para-hydroxylation sites is 2. The quantitative estimate of drug-likeness (QED) is 0.771. The van der Waals surface area contributed by atoms with Gasteiger partial charge in [0.25, 0.3) is 5.91 Å². The van der Waals surface area contributed by atoms with E-state index in [1.165, 1.54) is 0 Å². The summed E-state index contributed by atoms with van der Waals surface area (Å²) in [7, 11) is 0. The monoisotopic (exact) mass is 362 g/mol. The van der Waals surface area contributed by atoms with E-state index in [1.54, 1.807) is 18.2 Å². The average molecular weight is 362 g/mol. The molecule has 0 radical (unpaired) electrons. The van der Waals surface area contributed by atoms with Gasteiger partial charge in [-0.25, -0.2) is 9.97 Å². The van der Waals surface area contributed by atoms with Crippen molar-refractivity contribution in [2.75, 3.05) is 30.1 Å². The molecular weight excluding hydrogens is 344 g/mol. The Bertz CT molecular complexity index is 1030. The molecule has 3 heterocycles. The Morgan fingerprint density at radius 2 is 1.70 bits per heavy atom. The first-order valence-electron chi connectivity index (χ1n) is 9.01. The van der Waals surface area contributed by atoms with E-state index in [1.807, 2.05) is 24.3 Å². The maximum Gasteiger partial charge on any atom is 0.257 e. The lowest BCUT2D eigenvalue weighted by molar-refractivity contribution is 0.102. The number of nitrogens with zero attached hydrogens (tertiary/aromatic N) is 3. The summed E-state index contributed by atoms with van der Waals surface area (Å²) in [4.78, 5) is 24.4. The molecule has 1 amide bonds. The molecule has 1 saturated heterocycles. The standard InChI is InChI=1S/C20H18N4O3/c25-20(13-7-8-16-17(11-13)27-12-26-16)23-18-19(24-9-3-4-10-24)22-15-6-2-1-5-14(15)21-18/h1-2,5-8,11H,3-4,9-10,12H2,(H,21,23,25). The van der Waals surface area contributed by atoms with E-state index in [2.05, 4.69) is 15.2 Å². The first-order valence-corrected chi connectivity index (χ1v) is 9.01. The third kappa shape index (κ3) is 2.91. The van der Waals surface area contributed by atoms with Crippen LogP contribution in [0.2, 0.25) is 0 Å². The number of ether oxygens (including phenoxy) is 2. The molecule has 136 valence electrons. The van der Waals surface area contributed by atoms with Crippen molar-refractivity contribution < 1.29 is 14.3 Å². The van der Waals surface area contributed by atoms with Gasteiger partial charge in [-0.05, 0) is 43.2 Å². The summed E-state index contributed by atoms with van der Waals surface area (Å²) in [5.74, 6) is 2.18. The largest absolute Gasteiger partial charge is 0.454 e. The number of rotatable bonds is 3. The number of carbonyl (C=O) groups is 1. The minimum Gasteiger partial charge on any atom is -0.454 e. The summed E-state index contributed by atoms with van der Waals surface area (Å²) in [6, 6.07) is 12.8. The van der Waals surface area contributed by atoms with Crippen LogP contribution in [-0.2, 0) is 0 Å². The predicted molar refractivity (Wildman–Crippen MR) is 102 cm³/mol. The molecule has 0 atom stereocenters. The van der Waals surface area contributed by atoms with Crippen molar-refractivity contribution in [3.8, 4) is 11.5 Å². The zero-order valence-corrected chi connectivity index (χ0v) is 14.6. The van der Waals surface area contributed by atoms with Crippen LogP contribution in [-0.4, -0.2) is 35.8 Å². The number of aromatic nitrogens is 2. The zero-order valence-electron chi connectivity index (χ0n) is 14.6. The number of benzene rings is 2. The molecule has 0 spiro atoms. The van der Waals surface area contributed by atoms with Crippen LogP contribution >= 0.6 is 0 Å². The van der Waals surface area contributed by atoms with Crippen LogP contribution in [0.4, 0.5) is 11.6 Å². The van der Waals surface area contributed by atoms with Crippen molar-refractivity contribution in [2.45, 2.75) is 12.8 Å². The Hall–Kier alpha value is -3.35. The van der Waals surface area contributed by atoms with Gasteiger partial charge < -0.3 is 19.7 Å². The van der Waals surface area contributed by atoms with Crippen LogP contribution in [0.3, 0.4) is 0 Å². The van der Waals surface area contributed by atoms with Crippen molar-refractivity contribution in [2.24, 2.45) is 0 Å². The molecule has 1 aromatic heterocycles. The molecule has 7 nitrogen and oxygen atoms in total. The van der Waals surface area contributed by atoms with Crippen molar-refractivity contribution in [3.63, 3.8) is 0 Å². The lowest BCUT2D eigenvalue weighted by atomic mass is 10.2. The van der Waals surface area contributed by atoms with Crippen molar-refractivity contribution in [1.82, 2.24) is 9.97 Å². The second-order valence-corrected chi connectivity index (χ2v) is 6.60. The molecule has 2 aliphatic heterocycles. The fourth-order valence-electron chi connectivity index (χ4n) is 3.44. The van der Waals surface area contributed by atoms with Gasteiger partial charge in [0.05, 0.1) is 11.0 Å². The van der Waals surface area contributed by atoms with E-state index in [-0.39, 0.29) is 12.7 Å². The molecular formula is C20H18N4O3. The van der Waals surface area contributed by atoms with Gasteiger partial charge >= 0.3 is 0 Å². The van der Waals surface area contributed by atoms with Crippen molar-refractivity contribution in [3.05, 3.63) is 48.0 Å². The molecule has 2 aromatic carbocycles. The third-order valence-electron chi connectivity index (χ3n) is 4.82. The van der Waals surface area contributed by atoms with Gasteiger partial charge in [-0.15, -0.1) is 0 Å². The van der Waals surface area contributed by atoms with Crippen LogP contribution in [0.1, 0.15) is 23.2 Å². The minimum atomic E-state index is -0.252. The Kier molecular flexibility index (Phi) is 3.78. The third-order valence-corrected chi connectivity index (χ3v) is 4.82. The van der Waals surface area contributed by atoms with Crippen molar-refractivity contribution >= 4 is 28.6 Å². The van der Waals surface area contributed by atoms with E-state index < -0.39 is 0 Å². The molecule has 2 aliphatic rings. The predicted octanol–water partition coefficient (Wildman–Crippen LogP) is 3.21. The lowest BCUT2D eigenvalue weighted by Gasteiger charge is -2.20. The highest BCUT2D eigenvalue weighted by atomic mass is 16.7. The van der Waals surface area contributed by atoms with Gasteiger partial charge in [0.1, 0.15) is 0 Å². The minimum absolute atomic E-state index is 0.176. The van der Waals surface area contributed by atoms with Gasteiger partial charge in [0, 0.05) is 18.7 Å². The molecule has 27 heavy (non-hydrogen) atoms. The number of nitrogens with one attached hydrogen (secondary N) is 1. The molecule has 3 aromatic rings. The smallest absolute Gasteiger partial charge is 0.257 e. The Labute approximate surface area is 155 Å². The molecule has 0 saturated carbocycles. The van der Waals surface area contributed by atoms with Crippen molar-refractivity contribution in [1.29, 1.82) is 0 Å². The fraction of sp³-hybridized carbons (Fsp3) is 0.250. The molecule has 0 bridgehead atoms. The number of hydrogen-bond donors (Lipinski definition) is 1. The highest BCUT2D eigenvalue weighted by Gasteiger charge is 2.22. The number of anilines is 2. The molecule has 1 N–H and O–H groups in total. The first-order chi connectivity index (χ1) is 13.3. The Balaban J connectivity index is 1.51. The topological polar surface area (TPSA) is 76.6 Å². The van der Waals surface area contributed by atoms with Gasteiger partial charge in [-0.2, -0.15) is 0 Å². The highest BCUT2D eigenvalue weighted by Crippen LogP contribution is 2.33. The van der Waals surface area contributed by atoms with Gasteiger partial charge in [-0.3, -0.25) is 4.79 Å². The summed E-state index contributed by atoms with van der Waals surface area (Å²) in [6.45, 7) is 2.01. The molecule has 5 rings (SSSR count). The Morgan fingerprint density at radius 3 is 2.52 bits per heavy atom. The molecule has 7 heteroatoms. The molecule has 0 unspecified atom stereocenters. The first kappa shape index (κ1) is 15.9. The highest BCUT2D eigenvalue weighted by molar-refractivity contribution is 6.06. The van der Waals surface area contributed by atoms with Gasteiger partial charge in [0.2, 0.25) is 6.79 Å². The SMILES string of the molecule is O=C(Nc1nc2ccccc2nc1N1CCCC1)c1ccc2c(c1)OCO2. The lowest BCUT2D eigenvalue weighted by Crippen LogP contribution is -2.23. The summed E-state index contributed by atoms with van der Waals surface area (Å²) >= 11 is 0. The average Bonchev–Trinajstić information content (AvgIpc) is 3.38. The van der Waals surface area contributed by atoms with E-state index in [0.29, 0.717) is 22.9 Å². The van der Waals surface area contributed by atoms with Crippen LogP contribution < -0.4 is 19.7 Å². The summed E-state index contributed by atoms with van der Waals surface area (Å²) in [6.07, 6.45) is 2.23. The number of carbonyl (C=O) groups excluding carboxylic acids is 1. The number of hydrogen-bond acceptors (Lipinski definition) is 6. The second kappa shape index (κ2) is 6.42. The van der Waals surface area contributed by atoms with E-state index in [4.69, 9.17) is 14.5 Å². The molecule has 1 fully saturated rings. The Morgan fingerprint density at radius 1 is 0.963 bits per heavy atom. The summed E-state index contributed by atoms with van der Waals surface area (Å²) in [5.41, 5.74) is 2.06. The van der Waals surface area contributed by atoms with Crippen LogP contribution in [0.5, 0.6) is 11.5 Å². The fourth-order valence-corrected chi connectivity index (χ4v) is 3.44. The van der Waals surface area contributed by atoms with E-state index >= 15 is 0 Å². The second-order valence-electron chi connectivity index (χ2n) is 6.60. The zero-order chi connectivity index (χ0) is 18.2. The van der Waals surface area contributed by atoms with Crippen LogP contribution in [0.25, 0.3) is 11.0 Å². The summed E-state index contributed by atoms with van der Waals surface area (Å²) < 4.78 is 10.7. The van der Waals surface area contributed by atoms with Gasteiger partial charge in [0.15, 0.2) is 23.1 Å². The normalized spacial score (nSPS) is 15.3. The van der Waals surface area contributed by atoms with Gasteiger partial charge in [-0.1, -0.05) is 12.1 Å². The number of amides is 1. The maximum atomic E-state index is 12.8. The van der Waals surface area contributed by atoms with E-state index in [9.17, 15) is 4.79 Å². The number of fused-ring (bicyclic) bond motifs is 2. The van der Waals surface area contributed by atoms with E-state index in [0.717, 1.165) is 42.8 Å². The maximum absolute atomic E-state index is 12.8.